The topological polar surface area (TPSA) is 90.0 Å². The number of amides is 2. The summed E-state index contributed by atoms with van der Waals surface area (Å²) in [4.78, 5) is 25.0. The molecule has 2 heterocycles. The molecule has 0 fully saturated rings. The Bertz CT molecular complexity index is 912. The van der Waals surface area contributed by atoms with Crippen LogP contribution in [-0.2, 0) is 7.05 Å². The molecule has 2 aromatic heterocycles. The zero-order chi connectivity index (χ0) is 17.3. The fourth-order valence-electron chi connectivity index (χ4n) is 2.41. The van der Waals surface area contributed by atoms with E-state index in [-0.39, 0.29) is 5.91 Å². The molecule has 0 radical (unpaired) electrons. The lowest BCUT2D eigenvalue weighted by Crippen LogP contribution is -2.17. The van der Waals surface area contributed by atoms with Gasteiger partial charge in [-0.1, -0.05) is 30.3 Å². The Kier molecular flexibility index (Phi) is 4.18. The lowest BCUT2D eigenvalue weighted by molar-refractivity contribution is 0.100. The summed E-state index contributed by atoms with van der Waals surface area (Å²) in [6.07, 6.45) is 1.76. The first-order valence-corrected chi connectivity index (χ1v) is 8.08. The molecule has 2 amide bonds. The number of anilines is 1. The number of aromatic nitrogens is 2. The number of carbonyl (C=O) groups excluding carboxylic acids is 2. The van der Waals surface area contributed by atoms with E-state index in [1.165, 1.54) is 11.3 Å². The first-order valence-electron chi connectivity index (χ1n) is 7.26. The molecule has 7 heteroatoms. The minimum atomic E-state index is -0.582. The smallest absolute Gasteiger partial charge is 0.277 e. The number of benzene rings is 1. The largest absolute Gasteiger partial charge is 0.366 e. The van der Waals surface area contributed by atoms with E-state index >= 15 is 0 Å². The summed E-state index contributed by atoms with van der Waals surface area (Å²) in [5, 5.41) is 7.32. The molecule has 0 aliphatic rings. The maximum Gasteiger partial charge on any atom is 0.277 e. The molecule has 0 spiro atoms. The SMILES string of the molecule is Cc1cn(C)nc1C(=O)Nc1sc(-c2ccccc2)cc1C(N)=O. The monoisotopic (exact) mass is 340 g/mol. The standard InChI is InChI=1S/C17H16N4O2S/c1-10-9-21(2)20-14(10)16(23)19-17-12(15(18)22)8-13(24-17)11-6-4-3-5-7-11/h3-9H,1-2H3,(H2,18,22)(H,19,23). The number of carbonyl (C=O) groups is 2. The summed E-state index contributed by atoms with van der Waals surface area (Å²) in [7, 11) is 1.75. The molecule has 3 rings (SSSR count). The molecule has 0 saturated carbocycles. The van der Waals surface area contributed by atoms with Crippen molar-refractivity contribution in [3.8, 4) is 10.4 Å². The molecule has 24 heavy (non-hydrogen) atoms. The van der Waals surface area contributed by atoms with Gasteiger partial charge in [0.05, 0.1) is 5.56 Å². The number of hydrogen-bond donors (Lipinski definition) is 2. The summed E-state index contributed by atoms with van der Waals surface area (Å²) in [6, 6.07) is 11.3. The van der Waals surface area contributed by atoms with Crippen LogP contribution in [0.2, 0.25) is 0 Å². The van der Waals surface area contributed by atoms with Crippen molar-refractivity contribution in [1.82, 2.24) is 9.78 Å². The number of thiophene rings is 1. The minimum absolute atomic E-state index is 0.292. The highest BCUT2D eigenvalue weighted by Gasteiger charge is 2.20. The summed E-state index contributed by atoms with van der Waals surface area (Å²) in [6.45, 7) is 1.81. The minimum Gasteiger partial charge on any atom is -0.366 e. The number of nitrogens with one attached hydrogen (secondary N) is 1. The van der Waals surface area contributed by atoms with Crippen LogP contribution in [0.3, 0.4) is 0 Å². The van der Waals surface area contributed by atoms with Crippen LogP contribution in [0.5, 0.6) is 0 Å². The van der Waals surface area contributed by atoms with Crippen LogP contribution in [-0.4, -0.2) is 21.6 Å². The summed E-state index contributed by atoms with van der Waals surface area (Å²) < 4.78 is 1.57. The third-order valence-electron chi connectivity index (χ3n) is 3.51. The van der Waals surface area contributed by atoms with Crippen molar-refractivity contribution in [2.45, 2.75) is 6.92 Å². The molecule has 122 valence electrons. The van der Waals surface area contributed by atoms with E-state index in [9.17, 15) is 9.59 Å². The van der Waals surface area contributed by atoms with Gasteiger partial charge in [0.1, 0.15) is 5.00 Å². The number of nitrogens with zero attached hydrogens (tertiary/aromatic N) is 2. The highest BCUT2D eigenvalue weighted by atomic mass is 32.1. The van der Waals surface area contributed by atoms with E-state index in [4.69, 9.17) is 5.73 Å². The second kappa shape index (κ2) is 6.29. The van der Waals surface area contributed by atoms with Gasteiger partial charge in [-0.15, -0.1) is 11.3 Å². The Hall–Kier alpha value is -2.93. The van der Waals surface area contributed by atoms with Crippen LogP contribution in [0.1, 0.15) is 26.4 Å². The average Bonchev–Trinajstić information content (AvgIpc) is 3.11. The fraction of sp³-hybridized carbons (Fsp3) is 0.118. The van der Waals surface area contributed by atoms with Crippen molar-refractivity contribution in [2.24, 2.45) is 12.8 Å². The summed E-state index contributed by atoms with van der Waals surface area (Å²) >= 11 is 1.31. The molecule has 0 unspecified atom stereocenters. The van der Waals surface area contributed by atoms with Crippen molar-refractivity contribution in [2.75, 3.05) is 5.32 Å². The van der Waals surface area contributed by atoms with Crippen molar-refractivity contribution >= 4 is 28.2 Å². The van der Waals surface area contributed by atoms with E-state index in [1.807, 2.05) is 30.3 Å². The molecule has 1 aromatic carbocycles. The van der Waals surface area contributed by atoms with E-state index in [0.717, 1.165) is 16.0 Å². The second-order valence-electron chi connectivity index (χ2n) is 5.37. The second-order valence-corrected chi connectivity index (χ2v) is 6.42. The molecule has 6 nitrogen and oxygen atoms in total. The van der Waals surface area contributed by atoms with Gasteiger partial charge < -0.3 is 11.1 Å². The van der Waals surface area contributed by atoms with Gasteiger partial charge in [-0.2, -0.15) is 5.10 Å². The highest BCUT2D eigenvalue weighted by Crippen LogP contribution is 2.35. The van der Waals surface area contributed by atoms with Crippen LogP contribution in [0.4, 0.5) is 5.00 Å². The van der Waals surface area contributed by atoms with Gasteiger partial charge in [0.25, 0.3) is 11.8 Å². The Labute approximate surface area is 142 Å². The zero-order valence-corrected chi connectivity index (χ0v) is 14.1. The van der Waals surface area contributed by atoms with Crippen LogP contribution in [0, 0.1) is 6.92 Å². The quantitative estimate of drug-likeness (QED) is 0.765. The maximum absolute atomic E-state index is 12.4. The molecular weight excluding hydrogens is 324 g/mol. The van der Waals surface area contributed by atoms with Gasteiger partial charge in [0.2, 0.25) is 0 Å². The Morgan fingerprint density at radius 3 is 2.54 bits per heavy atom. The third kappa shape index (κ3) is 3.07. The Morgan fingerprint density at radius 2 is 1.96 bits per heavy atom. The molecule has 0 atom stereocenters. The van der Waals surface area contributed by atoms with E-state index in [2.05, 4.69) is 10.4 Å². The van der Waals surface area contributed by atoms with Gasteiger partial charge in [-0.3, -0.25) is 14.3 Å². The fourth-order valence-corrected chi connectivity index (χ4v) is 3.47. The van der Waals surface area contributed by atoms with Crippen molar-refractivity contribution < 1.29 is 9.59 Å². The molecule has 3 aromatic rings. The lowest BCUT2D eigenvalue weighted by atomic mass is 10.1. The van der Waals surface area contributed by atoms with Crippen molar-refractivity contribution in [3.63, 3.8) is 0 Å². The molecule has 0 aliphatic carbocycles. The lowest BCUT2D eigenvalue weighted by Gasteiger charge is -2.03. The molecule has 3 N–H and O–H groups in total. The van der Waals surface area contributed by atoms with Crippen LogP contribution in [0.25, 0.3) is 10.4 Å². The van der Waals surface area contributed by atoms with Gasteiger partial charge in [-0.25, -0.2) is 0 Å². The number of primary amides is 1. The number of rotatable bonds is 4. The number of aryl methyl sites for hydroxylation is 2. The van der Waals surface area contributed by atoms with E-state index in [0.29, 0.717) is 16.3 Å². The van der Waals surface area contributed by atoms with Crippen LogP contribution < -0.4 is 11.1 Å². The van der Waals surface area contributed by atoms with E-state index in [1.54, 1.807) is 30.9 Å². The average molecular weight is 340 g/mol. The normalized spacial score (nSPS) is 10.6. The first kappa shape index (κ1) is 15.9. The summed E-state index contributed by atoms with van der Waals surface area (Å²) in [5.74, 6) is -0.946. The van der Waals surface area contributed by atoms with Crippen LogP contribution >= 0.6 is 11.3 Å². The predicted molar refractivity (Wildman–Crippen MR) is 94.2 cm³/mol. The van der Waals surface area contributed by atoms with Gasteiger partial charge in [0.15, 0.2) is 5.69 Å². The summed E-state index contributed by atoms with van der Waals surface area (Å²) in [5.41, 5.74) is 7.78. The third-order valence-corrected chi connectivity index (χ3v) is 4.61. The van der Waals surface area contributed by atoms with Gasteiger partial charge in [0, 0.05) is 23.7 Å². The van der Waals surface area contributed by atoms with Crippen molar-refractivity contribution in [3.05, 3.63) is 59.4 Å². The Balaban J connectivity index is 1.95. The molecule has 0 bridgehead atoms. The van der Waals surface area contributed by atoms with Crippen LogP contribution in [0.15, 0.2) is 42.6 Å². The number of hydrogen-bond acceptors (Lipinski definition) is 4. The van der Waals surface area contributed by atoms with Crippen molar-refractivity contribution in [1.29, 1.82) is 0 Å². The molecule has 0 aliphatic heterocycles. The molecular formula is C17H16N4O2S. The van der Waals surface area contributed by atoms with Gasteiger partial charge >= 0.3 is 0 Å². The predicted octanol–water partition coefficient (Wildman–Crippen LogP) is 2.81. The zero-order valence-electron chi connectivity index (χ0n) is 13.2. The molecule has 0 saturated heterocycles. The maximum atomic E-state index is 12.4. The van der Waals surface area contributed by atoms with Gasteiger partial charge in [-0.05, 0) is 18.6 Å². The highest BCUT2D eigenvalue weighted by molar-refractivity contribution is 7.20. The first-order chi connectivity index (χ1) is 11.5. The Morgan fingerprint density at radius 1 is 1.25 bits per heavy atom. The number of nitrogens with two attached hydrogens (primary N) is 1. The van der Waals surface area contributed by atoms with E-state index < -0.39 is 5.91 Å².